The fourth-order valence-corrected chi connectivity index (χ4v) is 4.60. The molecule has 2 aromatic heterocycles. The summed E-state index contributed by atoms with van der Waals surface area (Å²) in [5, 5.41) is 0.0343. The highest BCUT2D eigenvalue weighted by Crippen LogP contribution is 2.34. The largest absolute Gasteiger partial charge is 0.383 e. The lowest BCUT2D eigenvalue weighted by atomic mass is 10.5. The summed E-state index contributed by atoms with van der Waals surface area (Å²) < 4.78 is 33.9. The molecule has 3 rings (SSSR count). The minimum Gasteiger partial charge on any atom is -0.383 e. The van der Waals surface area contributed by atoms with Gasteiger partial charge in [0.15, 0.2) is 10.2 Å². The van der Waals surface area contributed by atoms with Crippen LogP contribution in [0.1, 0.15) is 12.8 Å². The number of rotatable bonds is 6. The number of halogens is 1. The van der Waals surface area contributed by atoms with E-state index in [2.05, 4.69) is 4.98 Å². The molecule has 0 spiro atoms. The summed E-state index contributed by atoms with van der Waals surface area (Å²) in [7, 11) is -2.15. The SMILES string of the molecule is COCCN(C1CC1)S(=O)(=O)c1c(Cl)nc2ccccn12. The molecular formula is C13H16ClN3O3S. The molecule has 0 bridgehead atoms. The Morgan fingerprint density at radius 3 is 2.90 bits per heavy atom. The van der Waals surface area contributed by atoms with Gasteiger partial charge >= 0.3 is 0 Å². The van der Waals surface area contributed by atoms with Gasteiger partial charge in [-0.1, -0.05) is 17.7 Å². The number of hydrogen-bond acceptors (Lipinski definition) is 4. The van der Waals surface area contributed by atoms with E-state index < -0.39 is 10.0 Å². The van der Waals surface area contributed by atoms with E-state index in [0.717, 1.165) is 12.8 Å². The molecule has 2 heterocycles. The van der Waals surface area contributed by atoms with Crippen LogP contribution in [0, 0.1) is 0 Å². The Morgan fingerprint density at radius 1 is 1.48 bits per heavy atom. The molecule has 1 aliphatic carbocycles. The second-order valence-electron chi connectivity index (χ2n) is 4.98. The Hall–Kier alpha value is -1.15. The van der Waals surface area contributed by atoms with E-state index in [4.69, 9.17) is 16.3 Å². The monoisotopic (exact) mass is 329 g/mol. The van der Waals surface area contributed by atoms with E-state index in [1.54, 1.807) is 31.5 Å². The number of methoxy groups -OCH3 is 1. The van der Waals surface area contributed by atoms with Gasteiger partial charge in [0.05, 0.1) is 6.61 Å². The summed E-state index contributed by atoms with van der Waals surface area (Å²) in [5.74, 6) is 0. The van der Waals surface area contributed by atoms with Crippen LogP contribution in [0.4, 0.5) is 0 Å². The van der Waals surface area contributed by atoms with Crippen molar-refractivity contribution in [3.8, 4) is 0 Å². The summed E-state index contributed by atoms with van der Waals surface area (Å²) in [6.45, 7) is 0.671. The Balaban J connectivity index is 2.08. The average molecular weight is 330 g/mol. The highest BCUT2D eigenvalue weighted by molar-refractivity contribution is 7.89. The second-order valence-corrected chi connectivity index (χ2v) is 7.14. The van der Waals surface area contributed by atoms with Gasteiger partial charge in [-0.15, -0.1) is 0 Å². The van der Waals surface area contributed by atoms with Crippen molar-refractivity contribution in [1.82, 2.24) is 13.7 Å². The minimum atomic E-state index is -3.70. The Labute approximate surface area is 128 Å². The maximum absolute atomic E-state index is 12.9. The highest BCUT2D eigenvalue weighted by atomic mass is 35.5. The predicted molar refractivity (Wildman–Crippen MR) is 79.0 cm³/mol. The molecule has 0 radical (unpaired) electrons. The van der Waals surface area contributed by atoms with Crippen LogP contribution in [-0.2, 0) is 14.8 Å². The van der Waals surface area contributed by atoms with Crippen LogP contribution in [0.3, 0.4) is 0 Å². The lowest BCUT2D eigenvalue weighted by Crippen LogP contribution is -2.36. The molecule has 0 saturated heterocycles. The predicted octanol–water partition coefficient (Wildman–Crippen LogP) is 1.79. The van der Waals surface area contributed by atoms with Crippen LogP contribution in [0.2, 0.25) is 5.15 Å². The molecule has 0 N–H and O–H groups in total. The zero-order chi connectivity index (χ0) is 15.0. The van der Waals surface area contributed by atoms with Crippen molar-refractivity contribution < 1.29 is 13.2 Å². The van der Waals surface area contributed by atoms with Crippen molar-refractivity contribution in [1.29, 1.82) is 0 Å². The van der Waals surface area contributed by atoms with Crippen LogP contribution < -0.4 is 0 Å². The summed E-state index contributed by atoms with van der Waals surface area (Å²) in [5.41, 5.74) is 0.517. The molecule has 21 heavy (non-hydrogen) atoms. The molecule has 8 heteroatoms. The maximum atomic E-state index is 12.9. The quantitative estimate of drug-likeness (QED) is 0.810. The van der Waals surface area contributed by atoms with Gasteiger partial charge in [-0.25, -0.2) is 13.4 Å². The number of ether oxygens (including phenoxy) is 1. The van der Waals surface area contributed by atoms with Crippen LogP contribution >= 0.6 is 11.6 Å². The van der Waals surface area contributed by atoms with Crippen LogP contribution in [0.5, 0.6) is 0 Å². The zero-order valence-corrected chi connectivity index (χ0v) is 13.1. The normalized spacial score (nSPS) is 16.0. The Kier molecular flexibility index (Phi) is 3.92. The molecular weight excluding hydrogens is 314 g/mol. The van der Waals surface area contributed by atoms with Gasteiger partial charge in [-0.2, -0.15) is 4.31 Å². The van der Waals surface area contributed by atoms with Crippen molar-refractivity contribution in [2.75, 3.05) is 20.3 Å². The topological polar surface area (TPSA) is 63.9 Å². The highest BCUT2D eigenvalue weighted by Gasteiger charge is 2.40. The molecule has 114 valence electrons. The fourth-order valence-electron chi connectivity index (χ4n) is 2.33. The summed E-state index contributed by atoms with van der Waals surface area (Å²) in [4.78, 5) is 4.11. The van der Waals surface area contributed by atoms with Gasteiger partial charge < -0.3 is 4.74 Å². The van der Waals surface area contributed by atoms with Crippen LogP contribution in [-0.4, -0.2) is 48.4 Å². The van der Waals surface area contributed by atoms with E-state index in [1.165, 1.54) is 8.71 Å². The third-order valence-electron chi connectivity index (χ3n) is 3.47. The molecule has 0 unspecified atom stereocenters. The van der Waals surface area contributed by atoms with E-state index in [1.807, 2.05) is 0 Å². The van der Waals surface area contributed by atoms with Crippen molar-refractivity contribution in [2.45, 2.75) is 23.9 Å². The molecule has 2 aromatic rings. The summed E-state index contributed by atoms with van der Waals surface area (Å²) >= 11 is 6.09. The molecule has 1 fully saturated rings. The van der Waals surface area contributed by atoms with Crippen molar-refractivity contribution in [2.24, 2.45) is 0 Å². The second kappa shape index (κ2) is 5.57. The summed E-state index contributed by atoms with van der Waals surface area (Å²) in [6.07, 6.45) is 3.40. The Morgan fingerprint density at radius 2 is 2.24 bits per heavy atom. The molecule has 0 aromatic carbocycles. The number of sulfonamides is 1. The van der Waals surface area contributed by atoms with Crippen molar-refractivity contribution in [3.05, 3.63) is 29.5 Å². The Bertz CT molecular complexity index is 755. The summed E-state index contributed by atoms with van der Waals surface area (Å²) in [6, 6.07) is 5.30. The molecule has 1 aliphatic rings. The van der Waals surface area contributed by atoms with Crippen LogP contribution in [0.15, 0.2) is 29.4 Å². The van der Waals surface area contributed by atoms with Gasteiger partial charge in [0, 0.05) is 25.9 Å². The number of fused-ring (bicyclic) bond motifs is 1. The first-order valence-corrected chi connectivity index (χ1v) is 8.51. The average Bonchev–Trinajstić information content (AvgIpc) is 3.20. The first kappa shape index (κ1) is 14.8. The van der Waals surface area contributed by atoms with Crippen LogP contribution in [0.25, 0.3) is 5.65 Å². The van der Waals surface area contributed by atoms with E-state index >= 15 is 0 Å². The van der Waals surface area contributed by atoms with Crippen molar-refractivity contribution >= 4 is 27.3 Å². The molecule has 0 aliphatic heterocycles. The van der Waals surface area contributed by atoms with Gasteiger partial charge in [0.2, 0.25) is 0 Å². The number of hydrogen-bond donors (Lipinski definition) is 0. The lowest BCUT2D eigenvalue weighted by molar-refractivity contribution is 0.177. The molecule has 6 nitrogen and oxygen atoms in total. The van der Waals surface area contributed by atoms with Gasteiger partial charge in [0.1, 0.15) is 5.65 Å². The number of pyridine rings is 1. The van der Waals surface area contributed by atoms with Gasteiger partial charge in [-0.3, -0.25) is 4.40 Å². The third-order valence-corrected chi connectivity index (χ3v) is 5.82. The standard InChI is InChI=1S/C13H16ClN3O3S/c1-20-9-8-17(10-5-6-10)21(18,19)13-12(14)15-11-4-2-3-7-16(11)13/h2-4,7,10H,5-6,8-9H2,1H3. The number of imidazole rings is 1. The van der Waals surface area contributed by atoms with E-state index in [0.29, 0.717) is 18.8 Å². The first-order chi connectivity index (χ1) is 10.1. The smallest absolute Gasteiger partial charge is 0.262 e. The number of aromatic nitrogens is 2. The van der Waals surface area contributed by atoms with Gasteiger partial charge in [-0.05, 0) is 25.0 Å². The maximum Gasteiger partial charge on any atom is 0.262 e. The zero-order valence-electron chi connectivity index (χ0n) is 11.6. The lowest BCUT2D eigenvalue weighted by Gasteiger charge is -2.21. The van der Waals surface area contributed by atoms with E-state index in [9.17, 15) is 8.42 Å². The molecule has 0 amide bonds. The molecule has 0 atom stereocenters. The van der Waals surface area contributed by atoms with Gasteiger partial charge in [0.25, 0.3) is 10.0 Å². The van der Waals surface area contributed by atoms with E-state index in [-0.39, 0.29) is 16.2 Å². The number of nitrogens with zero attached hydrogens (tertiary/aromatic N) is 3. The fraction of sp³-hybridized carbons (Fsp3) is 0.462. The van der Waals surface area contributed by atoms with Crippen molar-refractivity contribution in [3.63, 3.8) is 0 Å². The minimum absolute atomic E-state index is 0.00395. The molecule has 1 saturated carbocycles. The third kappa shape index (κ3) is 2.66. The first-order valence-electron chi connectivity index (χ1n) is 6.69.